The molecule has 4 heteroatoms. The van der Waals surface area contributed by atoms with Crippen molar-refractivity contribution >= 4 is 11.8 Å². The van der Waals surface area contributed by atoms with Crippen LogP contribution in [0.1, 0.15) is 17.2 Å². The van der Waals surface area contributed by atoms with E-state index in [-0.39, 0.29) is 0 Å². The Morgan fingerprint density at radius 1 is 1.39 bits per heavy atom. The third-order valence-corrected chi connectivity index (χ3v) is 4.61. The van der Waals surface area contributed by atoms with Crippen LogP contribution in [0.4, 0.5) is 0 Å². The van der Waals surface area contributed by atoms with Crippen molar-refractivity contribution in [1.29, 1.82) is 0 Å². The quantitative estimate of drug-likeness (QED) is 0.915. The first-order valence-corrected chi connectivity index (χ1v) is 7.24. The Labute approximate surface area is 112 Å². The Morgan fingerprint density at radius 3 is 3.17 bits per heavy atom. The molecule has 2 heterocycles. The molecule has 0 bridgehead atoms. The average Bonchev–Trinajstić information content (AvgIpc) is 2.99. The highest BCUT2D eigenvalue weighted by Crippen LogP contribution is 2.40. The minimum atomic E-state index is 0.585. The van der Waals surface area contributed by atoms with Gasteiger partial charge in [-0.3, -0.25) is 4.68 Å². The van der Waals surface area contributed by atoms with E-state index in [1.165, 1.54) is 16.2 Å². The number of benzene rings is 1. The molecule has 18 heavy (non-hydrogen) atoms. The minimum absolute atomic E-state index is 0.585. The van der Waals surface area contributed by atoms with Crippen molar-refractivity contribution in [2.75, 3.05) is 12.8 Å². The first-order valence-electron chi connectivity index (χ1n) is 6.25. The number of hydrogen-bond acceptors (Lipinski definition) is 3. The van der Waals surface area contributed by atoms with Gasteiger partial charge in [0.2, 0.25) is 0 Å². The lowest BCUT2D eigenvalue weighted by atomic mass is 10.0. The van der Waals surface area contributed by atoms with Crippen LogP contribution in [-0.2, 0) is 13.1 Å². The predicted octanol–water partition coefficient (Wildman–Crippen LogP) is 2.49. The zero-order chi connectivity index (χ0) is 12.4. The van der Waals surface area contributed by atoms with Crippen molar-refractivity contribution in [2.45, 2.75) is 23.9 Å². The predicted molar refractivity (Wildman–Crippen MR) is 74.9 cm³/mol. The third-order valence-electron chi connectivity index (χ3n) is 3.35. The van der Waals surface area contributed by atoms with Crippen LogP contribution in [0.3, 0.4) is 0 Å². The van der Waals surface area contributed by atoms with E-state index in [1.54, 1.807) is 0 Å². The van der Waals surface area contributed by atoms with Gasteiger partial charge in [-0.15, -0.1) is 11.8 Å². The summed E-state index contributed by atoms with van der Waals surface area (Å²) in [6.45, 7) is 1.86. The molecule has 94 valence electrons. The van der Waals surface area contributed by atoms with Crippen molar-refractivity contribution in [3.63, 3.8) is 0 Å². The van der Waals surface area contributed by atoms with Crippen LogP contribution < -0.4 is 5.32 Å². The molecule has 0 radical (unpaired) electrons. The van der Waals surface area contributed by atoms with Crippen LogP contribution in [0.5, 0.6) is 0 Å². The highest BCUT2D eigenvalue weighted by atomic mass is 32.2. The van der Waals surface area contributed by atoms with E-state index in [0.29, 0.717) is 5.92 Å². The van der Waals surface area contributed by atoms with Gasteiger partial charge in [-0.1, -0.05) is 18.2 Å². The van der Waals surface area contributed by atoms with Gasteiger partial charge in [0.25, 0.3) is 0 Å². The smallest absolute Gasteiger partial charge is 0.0522 e. The maximum absolute atomic E-state index is 4.44. The zero-order valence-corrected chi connectivity index (χ0v) is 11.3. The van der Waals surface area contributed by atoms with Crippen molar-refractivity contribution in [1.82, 2.24) is 15.1 Å². The van der Waals surface area contributed by atoms with Crippen LogP contribution in [0.15, 0.2) is 41.4 Å². The summed E-state index contributed by atoms with van der Waals surface area (Å²) in [6.07, 6.45) is 1.89. The summed E-state index contributed by atoms with van der Waals surface area (Å²) < 4.78 is 2.13. The lowest BCUT2D eigenvalue weighted by Crippen LogP contribution is -2.16. The number of fused-ring (bicyclic) bond motifs is 1. The molecule has 0 fully saturated rings. The molecule has 1 aliphatic heterocycles. The number of rotatable bonds is 4. The fourth-order valence-corrected chi connectivity index (χ4v) is 3.69. The van der Waals surface area contributed by atoms with Crippen LogP contribution in [0, 0.1) is 0 Å². The molecular formula is C14H17N3S. The van der Waals surface area contributed by atoms with Crippen molar-refractivity contribution in [2.24, 2.45) is 0 Å². The zero-order valence-electron chi connectivity index (χ0n) is 10.5. The highest BCUT2D eigenvalue weighted by Gasteiger charge is 2.23. The lowest BCUT2D eigenvalue weighted by molar-refractivity contribution is 0.521. The standard InChI is InChI=1S/C14H17N3S/c1-15-8-12-6-7-16-17(12)9-11-10-18-14-5-3-2-4-13(11)14/h2-7,11,15H,8-10H2,1H3. The van der Waals surface area contributed by atoms with Gasteiger partial charge in [-0.05, 0) is 24.7 Å². The van der Waals surface area contributed by atoms with Crippen molar-refractivity contribution < 1.29 is 0 Å². The maximum atomic E-state index is 4.44. The van der Waals surface area contributed by atoms with Crippen LogP contribution >= 0.6 is 11.8 Å². The summed E-state index contributed by atoms with van der Waals surface area (Å²) in [7, 11) is 1.97. The number of nitrogens with zero attached hydrogens (tertiary/aromatic N) is 2. The van der Waals surface area contributed by atoms with E-state index < -0.39 is 0 Å². The third kappa shape index (κ3) is 2.18. The number of nitrogens with one attached hydrogen (secondary N) is 1. The second-order valence-corrected chi connectivity index (χ2v) is 5.64. The van der Waals surface area contributed by atoms with Gasteiger partial charge in [0.15, 0.2) is 0 Å². The molecule has 1 aromatic carbocycles. The summed E-state index contributed by atoms with van der Waals surface area (Å²) >= 11 is 1.96. The monoisotopic (exact) mass is 259 g/mol. The van der Waals surface area contributed by atoms with Gasteiger partial charge in [0, 0.05) is 35.9 Å². The van der Waals surface area contributed by atoms with Crippen LogP contribution in [-0.4, -0.2) is 22.6 Å². The summed E-state index contributed by atoms with van der Waals surface area (Å²) in [5.74, 6) is 1.75. The molecule has 3 nitrogen and oxygen atoms in total. The van der Waals surface area contributed by atoms with E-state index in [9.17, 15) is 0 Å². The van der Waals surface area contributed by atoms with Crippen LogP contribution in [0.25, 0.3) is 0 Å². The van der Waals surface area contributed by atoms with Gasteiger partial charge >= 0.3 is 0 Å². The van der Waals surface area contributed by atoms with E-state index in [1.807, 2.05) is 25.0 Å². The molecule has 0 aliphatic carbocycles. The van der Waals surface area contributed by atoms with Crippen LogP contribution in [0.2, 0.25) is 0 Å². The Morgan fingerprint density at radius 2 is 2.28 bits per heavy atom. The maximum Gasteiger partial charge on any atom is 0.0522 e. The first-order chi connectivity index (χ1) is 8.88. The Balaban J connectivity index is 1.80. The van der Waals surface area contributed by atoms with Gasteiger partial charge in [-0.2, -0.15) is 5.10 Å². The van der Waals surface area contributed by atoms with Gasteiger partial charge in [0.05, 0.1) is 5.69 Å². The topological polar surface area (TPSA) is 29.9 Å². The molecule has 0 saturated heterocycles. The minimum Gasteiger partial charge on any atom is -0.314 e. The van der Waals surface area contributed by atoms with E-state index >= 15 is 0 Å². The summed E-state index contributed by atoms with van der Waals surface area (Å²) in [5, 5.41) is 7.63. The first kappa shape index (κ1) is 11.8. The number of aromatic nitrogens is 2. The molecule has 3 rings (SSSR count). The highest BCUT2D eigenvalue weighted by molar-refractivity contribution is 7.99. The fourth-order valence-electron chi connectivity index (χ4n) is 2.44. The second kappa shape index (κ2) is 5.16. The molecule has 1 atom stereocenters. The molecule has 1 N–H and O–H groups in total. The SMILES string of the molecule is CNCc1ccnn1CC1CSc2ccccc21. The van der Waals surface area contributed by atoms with Crippen molar-refractivity contribution in [3.8, 4) is 0 Å². The molecule has 0 saturated carbocycles. The lowest BCUT2D eigenvalue weighted by Gasteiger charge is -2.13. The van der Waals surface area contributed by atoms with E-state index in [0.717, 1.165) is 18.8 Å². The Hall–Kier alpha value is -1.26. The van der Waals surface area contributed by atoms with E-state index in [4.69, 9.17) is 0 Å². The molecule has 1 unspecified atom stereocenters. The molecule has 2 aromatic rings. The van der Waals surface area contributed by atoms with Gasteiger partial charge < -0.3 is 5.32 Å². The molecule has 0 amide bonds. The average molecular weight is 259 g/mol. The fraction of sp³-hybridized carbons (Fsp3) is 0.357. The van der Waals surface area contributed by atoms with Gasteiger partial charge in [0.1, 0.15) is 0 Å². The normalized spacial score (nSPS) is 17.9. The Bertz CT molecular complexity index is 535. The summed E-state index contributed by atoms with van der Waals surface area (Å²) in [5.41, 5.74) is 2.74. The van der Waals surface area contributed by atoms with Gasteiger partial charge in [-0.25, -0.2) is 0 Å². The second-order valence-electron chi connectivity index (χ2n) is 4.58. The molecular weight excluding hydrogens is 242 g/mol. The van der Waals surface area contributed by atoms with E-state index in [2.05, 4.69) is 45.4 Å². The largest absolute Gasteiger partial charge is 0.314 e. The molecule has 1 aromatic heterocycles. The molecule has 0 spiro atoms. The molecule has 1 aliphatic rings. The summed E-state index contributed by atoms with van der Waals surface area (Å²) in [4.78, 5) is 1.44. The number of hydrogen-bond donors (Lipinski definition) is 1. The number of thioether (sulfide) groups is 1. The van der Waals surface area contributed by atoms with Crippen molar-refractivity contribution in [3.05, 3.63) is 47.8 Å². The summed E-state index contributed by atoms with van der Waals surface area (Å²) in [6, 6.07) is 10.8. The Kier molecular flexibility index (Phi) is 3.39.